The third kappa shape index (κ3) is 3.70. The predicted octanol–water partition coefficient (Wildman–Crippen LogP) is 3.59. The molecule has 0 bridgehead atoms. The van der Waals surface area contributed by atoms with Crippen molar-refractivity contribution in [1.29, 1.82) is 0 Å². The van der Waals surface area contributed by atoms with Crippen molar-refractivity contribution in [2.45, 2.75) is 33.2 Å². The summed E-state index contributed by atoms with van der Waals surface area (Å²) in [7, 11) is 3.97. The van der Waals surface area contributed by atoms with E-state index >= 15 is 0 Å². The van der Waals surface area contributed by atoms with E-state index in [1.54, 1.807) is 6.07 Å². The highest BCUT2D eigenvalue weighted by atomic mass is 19.1. The number of nitrogens with zero attached hydrogens (tertiary/aromatic N) is 1. The van der Waals surface area contributed by atoms with Gasteiger partial charge in [0.2, 0.25) is 0 Å². The molecule has 0 amide bonds. The molecule has 1 aromatic carbocycles. The zero-order chi connectivity index (χ0) is 13.7. The van der Waals surface area contributed by atoms with E-state index in [1.165, 1.54) is 6.07 Å². The molecule has 0 radical (unpaired) electrons. The van der Waals surface area contributed by atoms with Crippen molar-refractivity contribution < 1.29 is 4.39 Å². The third-order valence-corrected chi connectivity index (χ3v) is 3.58. The maximum absolute atomic E-state index is 13.4. The molecule has 0 fully saturated rings. The molecule has 0 aromatic heterocycles. The summed E-state index contributed by atoms with van der Waals surface area (Å²) in [5.41, 5.74) is 2.13. The fourth-order valence-electron chi connectivity index (χ4n) is 2.07. The van der Waals surface area contributed by atoms with Gasteiger partial charge in [0.05, 0.1) is 0 Å². The Morgan fingerprint density at radius 2 is 2.00 bits per heavy atom. The summed E-state index contributed by atoms with van der Waals surface area (Å²) in [6.45, 7) is 7.47. The molecule has 1 aromatic rings. The smallest absolute Gasteiger partial charge is 0.123 e. The van der Waals surface area contributed by atoms with Gasteiger partial charge in [-0.3, -0.25) is 0 Å². The molecule has 18 heavy (non-hydrogen) atoms. The Hall–Kier alpha value is -1.09. The molecule has 0 aliphatic heterocycles. The third-order valence-electron chi connectivity index (χ3n) is 3.58. The topological polar surface area (TPSA) is 15.3 Å². The van der Waals surface area contributed by atoms with Gasteiger partial charge in [0, 0.05) is 25.3 Å². The summed E-state index contributed by atoms with van der Waals surface area (Å²) in [5.74, 6) is 0.464. The molecule has 102 valence electrons. The van der Waals surface area contributed by atoms with Gasteiger partial charge in [-0.2, -0.15) is 0 Å². The lowest BCUT2D eigenvalue weighted by molar-refractivity contribution is 0.555. The number of anilines is 1. The Morgan fingerprint density at radius 1 is 1.33 bits per heavy atom. The van der Waals surface area contributed by atoms with Crippen LogP contribution in [0.4, 0.5) is 10.1 Å². The molecule has 2 unspecified atom stereocenters. The summed E-state index contributed by atoms with van der Waals surface area (Å²) >= 11 is 0. The van der Waals surface area contributed by atoms with Crippen molar-refractivity contribution in [3.63, 3.8) is 0 Å². The second-order valence-electron chi connectivity index (χ2n) is 5.11. The van der Waals surface area contributed by atoms with E-state index in [-0.39, 0.29) is 11.9 Å². The van der Waals surface area contributed by atoms with Crippen molar-refractivity contribution in [2.24, 2.45) is 5.92 Å². The second kappa shape index (κ2) is 6.74. The fraction of sp³-hybridized carbons (Fsp3) is 0.600. The second-order valence-corrected chi connectivity index (χ2v) is 5.11. The molecule has 3 heteroatoms. The minimum atomic E-state index is -0.173. The lowest BCUT2D eigenvalue weighted by atomic mass is 10.0. The number of benzene rings is 1. The van der Waals surface area contributed by atoms with Crippen LogP contribution in [0.5, 0.6) is 0 Å². The number of nitrogens with one attached hydrogen (secondary N) is 1. The monoisotopic (exact) mass is 252 g/mol. The maximum Gasteiger partial charge on any atom is 0.123 e. The van der Waals surface area contributed by atoms with Gasteiger partial charge in [0.15, 0.2) is 0 Å². The van der Waals surface area contributed by atoms with E-state index in [0.29, 0.717) is 5.92 Å². The van der Waals surface area contributed by atoms with Crippen LogP contribution < -0.4 is 10.2 Å². The highest BCUT2D eigenvalue weighted by Crippen LogP contribution is 2.27. The molecule has 1 rings (SSSR count). The van der Waals surface area contributed by atoms with Crippen LogP contribution in [-0.2, 0) is 0 Å². The van der Waals surface area contributed by atoms with Crippen molar-refractivity contribution >= 4 is 5.69 Å². The number of hydrogen-bond acceptors (Lipinski definition) is 2. The first-order chi connectivity index (χ1) is 8.49. The molecule has 0 aliphatic carbocycles. The number of halogens is 1. The number of rotatable bonds is 6. The van der Waals surface area contributed by atoms with Gasteiger partial charge >= 0.3 is 0 Å². The van der Waals surface area contributed by atoms with Crippen LogP contribution in [0.1, 0.15) is 38.8 Å². The van der Waals surface area contributed by atoms with E-state index in [1.807, 2.05) is 13.1 Å². The summed E-state index contributed by atoms with van der Waals surface area (Å²) in [6.07, 6.45) is 1.16. The van der Waals surface area contributed by atoms with Crippen molar-refractivity contribution in [2.75, 3.05) is 25.5 Å². The van der Waals surface area contributed by atoms with Crippen LogP contribution in [0, 0.1) is 11.7 Å². The SMILES string of the molecule is CCC(C)CN(C)c1ccc(F)cc1C(C)NC. The van der Waals surface area contributed by atoms with Gasteiger partial charge in [-0.1, -0.05) is 20.3 Å². The van der Waals surface area contributed by atoms with Crippen LogP contribution in [0.2, 0.25) is 0 Å². The van der Waals surface area contributed by atoms with Crippen LogP contribution in [-0.4, -0.2) is 20.6 Å². The molecule has 0 heterocycles. The average Bonchev–Trinajstić information content (AvgIpc) is 2.37. The Balaban J connectivity index is 2.99. The first-order valence-electron chi connectivity index (χ1n) is 6.67. The van der Waals surface area contributed by atoms with Gasteiger partial charge in [0.25, 0.3) is 0 Å². The van der Waals surface area contributed by atoms with E-state index in [4.69, 9.17) is 0 Å². The highest BCUT2D eigenvalue weighted by Gasteiger charge is 2.14. The van der Waals surface area contributed by atoms with E-state index in [9.17, 15) is 4.39 Å². The van der Waals surface area contributed by atoms with Gasteiger partial charge in [-0.15, -0.1) is 0 Å². The minimum absolute atomic E-state index is 0.148. The maximum atomic E-state index is 13.4. The van der Waals surface area contributed by atoms with Crippen molar-refractivity contribution in [3.8, 4) is 0 Å². The average molecular weight is 252 g/mol. The molecule has 1 N–H and O–H groups in total. The van der Waals surface area contributed by atoms with Crippen molar-refractivity contribution in [3.05, 3.63) is 29.6 Å². The zero-order valence-corrected chi connectivity index (χ0v) is 12.1. The lowest BCUT2D eigenvalue weighted by Crippen LogP contribution is -2.26. The van der Waals surface area contributed by atoms with E-state index < -0.39 is 0 Å². The summed E-state index contributed by atoms with van der Waals surface area (Å²) in [6, 6.07) is 5.19. The van der Waals surface area contributed by atoms with Gasteiger partial charge < -0.3 is 10.2 Å². The summed E-state index contributed by atoms with van der Waals surface area (Å²) in [4.78, 5) is 2.22. The Bertz CT molecular complexity index is 379. The Morgan fingerprint density at radius 3 is 2.56 bits per heavy atom. The quantitative estimate of drug-likeness (QED) is 0.832. The van der Waals surface area contributed by atoms with Crippen molar-refractivity contribution in [1.82, 2.24) is 5.32 Å². The van der Waals surface area contributed by atoms with Gasteiger partial charge in [0.1, 0.15) is 5.82 Å². The van der Waals surface area contributed by atoms with E-state index in [0.717, 1.165) is 24.2 Å². The number of hydrogen-bond donors (Lipinski definition) is 1. The molecule has 0 saturated heterocycles. The molecule has 2 atom stereocenters. The van der Waals surface area contributed by atoms with Gasteiger partial charge in [-0.05, 0) is 43.7 Å². The van der Waals surface area contributed by atoms with Gasteiger partial charge in [-0.25, -0.2) is 4.39 Å². The molecular weight excluding hydrogens is 227 g/mol. The molecule has 2 nitrogen and oxygen atoms in total. The van der Waals surface area contributed by atoms with Crippen LogP contribution in [0.25, 0.3) is 0 Å². The Labute approximate surface area is 110 Å². The first kappa shape index (κ1) is 15.0. The summed E-state index contributed by atoms with van der Waals surface area (Å²) < 4.78 is 13.4. The minimum Gasteiger partial charge on any atom is -0.374 e. The predicted molar refractivity (Wildman–Crippen MR) is 76.6 cm³/mol. The first-order valence-corrected chi connectivity index (χ1v) is 6.67. The molecule has 0 aliphatic rings. The normalized spacial score (nSPS) is 14.3. The largest absolute Gasteiger partial charge is 0.374 e. The Kier molecular flexibility index (Phi) is 5.60. The van der Waals surface area contributed by atoms with Crippen LogP contribution in [0.3, 0.4) is 0 Å². The van der Waals surface area contributed by atoms with Crippen LogP contribution in [0.15, 0.2) is 18.2 Å². The van der Waals surface area contributed by atoms with E-state index in [2.05, 4.69) is 38.0 Å². The molecular formula is C15H25FN2. The molecule has 0 spiro atoms. The standard InChI is InChI=1S/C15H25FN2/c1-6-11(2)10-18(5)15-8-7-13(16)9-14(15)12(3)17-4/h7-9,11-12,17H,6,10H2,1-5H3. The summed E-state index contributed by atoms with van der Waals surface area (Å²) in [5, 5.41) is 3.18. The van der Waals surface area contributed by atoms with Crippen LogP contribution >= 0.6 is 0 Å². The lowest BCUT2D eigenvalue weighted by Gasteiger charge is -2.27. The highest BCUT2D eigenvalue weighted by molar-refractivity contribution is 5.54. The zero-order valence-electron chi connectivity index (χ0n) is 12.1. The fourth-order valence-corrected chi connectivity index (χ4v) is 2.07. The molecule has 0 saturated carbocycles.